The number of carbonyl (C=O) groups excluding carboxylic acids is 1. The lowest BCUT2D eigenvalue weighted by Gasteiger charge is -2.20. The average Bonchev–Trinajstić information content (AvgIpc) is 3.19. The van der Waals surface area contributed by atoms with Gasteiger partial charge in [0.25, 0.3) is 0 Å². The summed E-state index contributed by atoms with van der Waals surface area (Å²) in [7, 11) is 5.73. The molecule has 0 unspecified atom stereocenters. The molecule has 0 amide bonds. The number of para-hydroxylation sites is 1. The van der Waals surface area contributed by atoms with Gasteiger partial charge in [-0.15, -0.1) is 0 Å². The van der Waals surface area contributed by atoms with Crippen molar-refractivity contribution >= 4 is 16.9 Å². The Morgan fingerprint density at radius 2 is 1.63 bits per heavy atom. The topological polar surface area (TPSA) is 93.4 Å². The zero-order valence-electron chi connectivity index (χ0n) is 16.9. The molecule has 0 aliphatic carbocycles. The highest BCUT2D eigenvalue weighted by Gasteiger charge is 2.45. The molecule has 0 N–H and O–H groups in total. The van der Waals surface area contributed by atoms with Crippen molar-refractivity contribution in [2.24, 2.45) is 0 Å². The summed E-state index contributed by atoms with van der Waals surface area (Å²) in [6, 6.07) is 10.3. The van der Waals surface area contributed by atoms with Crippen molar-refractivity contribution in [3.8, 4) is 23.0 Å². The Labute approximate surface area is 171 Å². The van der Waals surface area contributed by atoms with Crippen LogP contribution in [0.2, 0.25) is 0 Å². The van der Waals surface area contributed by atoms with E-state index in [9.17, 15) is 9.59 Å². The second-order valence-corrected chi connectivity index (χ2v) is 6.63. The number of benzene rings is 2. The molecular formula is C22H20O8. The van der Waals surface area contributed by atoms with Crippen molar-refractivity contribution in [1.29, 1.82) is 0 Å². The molecule has 8 heteroatoms. The molecule has 0 fully saturated rings. The van der Waals surface area contributed by atoms with Crippen LogP contribution in [0.3, 0.4) is 0 Å². The van der Waals surface area contributed by atoms with Gasteiger partial charge in [-0.3, -0.25) is 0 Å². The number of fused-ring (bicyclic) bond motifs is 3. The van der Waals surface area contributed by atoms with E-state index in [-0.39, 0.29) is 5.56 Å². The highest BCUT2D eigenvalue weighted by molar-refractivity contribution is 5.88. The summed E-state index contributed by atoms with van der Waals surface area (Å²) in [6.45, 7) is 0. The Bertz CT molecular complexity index is 1150. The summed E-state index contributed by atoms with van der Waals surface area (Å²) >= 11 is 0. The molecule has 0 bridgehead atoms. The van der Waals surface area contributed by atoms with Crippen LogP contribution in [0, 0.1) is 0 Å². The van der Waals surface area contributed by atoms with E-state index in [1.54, 1.807) is 36.4 Å². The molecule has 2 aromatic carbocycles. The summed E-state index contributed by atoms with van der Waals surface area (Å²) in [5.41, 5.74) is 0.573. The van der Waals surface area contributed by atoms with Crippen molar-refractivity contribution in [2.75, 3.05) is 28.4 Å². The first kappa shape index (κ1) is 19.6. The lowest BCUT2D eigenvalue weighted by atomic mass is 9.88. The van der Waals surface area contributed by atoms with E-state index < -0.39 is 23.6 Å². The van der Waals surface area contributed by atoms with Gasteiger partial charge in [0.05, 0.1) is 45.3 Å². The third-order valence-electron chi connectivity index (χ3n) is 5.14. The van der Waals surface area contributed by atoms with E-state index >= 15 is 0 Å². The molecule has 0 saturated carbocycles. The number of esters is 1. The lowest BCUT2D eigenvalue weighted by molar-refractivity contribution is -0.148. The van der Waals surface area contributed by atoms with Crippen LogP contribution in [0.1, 0.15) is 17.0 Å². The average molecular weight is 412 g/mol. The smallest absolute Gasteiger partial charge is 0.348 e. The van der Waals surface area contributed by atoms with Gasteiger partial charge in [0, 0.05) is 0 Å². The molecule has 2 atom stereocenters. The monoisotopic (exact) mass is 412 g/mol. The lowest BCUT2D eigenvalue weighted by Crippen LogP contribution is -2.31. The number of hydrogen-bond acceptors (Lipinski definition) is 8. The van der Waals surface area contributed by atoms with Gasteiger partial charge in [0.15, 0.2) is 11.5 Å². The van der Waals surface area contributed by atoms with Gasteiger partial charge in [0.1, 0.15) is 11.3 Å². The highest BCUT2D eigenvalue weighted by Crippen LogP contribution is 2.48. The Balaban J connectivity index is 2.00. The zero-order valence-corrected chi connectivity index (χ0v) is 16.9. The van der Waals surface area contributed by atoms with Gasteiger partial charge >= 0.3 is 11.6 Å². The third kappa shape index (κ3) is 2.92. The molecule has 2 heterocycles. The van der Waals surface area contributed by atoms with E-state index in [1.807, 2.05) is 0 Å². The van der Waals surface area contributed by atoms with Gasteiger partial charge in [-0.2, -0.15) is 0 Å². The van der Waals surface area contributed by atoms with Crippen LogP contribution < -0.4 is 24.6 Å². The molecule has 0 spiro atoms. The predicted octanol–water partition coefficient (Wildman–Crippen LogP) is 2.88. The van der Waals surface area contributed by atoms with Crippen molar-refractivity contribution in [1.82, 2.24) is 0 Å². The zero-order chi connectivity index (χ0) is 21.4. The molecule has 1 aliphatic heterocycles. The largest absolute Gasteiger partial charge is 0.493 e. The summed E-state index contributed by atoms with van der Waals surface area (Å²) < 4.78 is 32.6. The van der Waals surface area contributed by atoms with Gasteiger partial charge in [-0.25, -0.2) is 9.59 Å². The van der Waals surface area contributed by atoms with Crippen LogP contribution in [0.4, 0.5) is 0 Å². The fourth-order valence-corrected chi connectivity index (χ4v) is 3.80. The van der Waals surface area contributed by atoms with Gasteiger partial charge in [-0.05, 0) is 29.8 Å². The number of rotatable bonds is 5. The molecule has 3 aromatic rings. The first-order valence-corrected chi connectivity index (χ1v) is 9.14. The third-order valence-corrected chi connectivity index (χ3v) is 5.14. The van der Waals surface area contributed by atoms with E-state index in [0.29, 0.717) is 39.5 Å². The fraction of sp³-hybridized carbons (Fsp3) is 0.273. The fourth-order valence-electron chi connectivity index (χ4n) is 3.80. The predicted molar refractivity (Wildman–Crippen MR) is 107 cm³/mol. The molecule has 8 nitrogen and oxygen atoms in total. The Hall–Kier alpha value is -3.68. The maximum atomic E-state index is 12.9. The molecule has 4 rings (SSSR count). The SMILES string of the molecule is COC(=O)[C@@H]1Oc2c(c(=O)oc3ccccc23)[C@H]1c1cc(OC)c(OC)c(OC)c1. The molecule has 1 aliphatic rings. The number of carbonyl (C=O) groups is 1. The minimum absolute atomic E-state index is 0.235. The normalized spacial score (nSPS) is 17.2. The molecule has 156 valence electrons. The minimum Gasteiger partial charge on any atom is -0.493 e. The maximum Gasteiger partial charge on any atom is 0.348 e. The molecule has 0 radical (unpaired) electrons. The van der Waals surface area contributed by atoms with Gasteiger partial charge in [-0.1, -0.05) is 12.1 Å². The van der Waals surface area contributed by atoms with Crippen LogP contribution in [0.5, 0.6) is 23.0 Å². The van der Waals surface area contributed by atoms with E-state index in [0.717, 1.165) is 0 Å². The number of methoxy groups -OCH3 is 4. The van der Waals surface area contributed by atoms with Crippen LogP contribution in [0.15, 0.2) is 45.6 Å². The minimum atomic E-state index is -1.08. The summed E-state index contributed by atoms with van der Waals surface area (Å²) in [5, 5.41) is 0.593. The quantitative estimate of drug-likeness (QED) is 0.467. The molecule has 30 heavy (non-hydrogen) atoms. The standard InChI is InChI=1S/C22H20O8/c1-25-14-9-11(10-15(26-2)19(14)27-3)16-17-18(30-20(16)22(24)28-4)12-7-5-6-8-13(12)29-21(17)23/h5-10,16,20H,1-4H3/t16-,20-/m1/s1. The second-order valence-electron chi connectivity index (χ2n) is 6.63. The van der Waals surface area contributed by atoms with Gasteiger partial charge < -0.3 is 28.1 Å². The Kier molecular flexibility index (Phi) is 4.99. The van der Waals surface area contributed by atoms with Crippen LogP contribution in [-0.4, -0.2) is 40.5 Å². The summed E-state index contributed by atoms with van der Waals surface area (Å²) in [6.07, 6.45) is -1.08. The molecular weight excluding hydrogens is 392 g/mol. The van der Waals surface area contributed by atoms with Crippen molar-refractivity contribution < 1.29 is 32.9 Å². The van der Waals surface area contributed by atoms with E-state index in [4.69, 9.17) is 28.1 Å². The van der Waals surface area contributed by atoms with Crippen LogP contribution in [-0.2, 0) is 9.53 Å². The molecule has 0 saturated heterocycles. The van der Waals surface area contributed by atoms with Crippen LogP contribution in [0.25, 0.3) is 11.0 Å². The van der Waals surface area contributed by atoms with E-state index in [1.165, 1.54) is 28.4 Å². The van der Waals surface area contributed by atoms with Crippen LogP contribution >= 0.6 is 0 Å². The summed E-state index contributed by atoms with van der Waals surface area (Å²) in [5.74, 6) is 0.0534. The number of ether oxygens (including phenoxy) is 5. The van der Waals surface area contributed by atoms with Crippen molar-refractivity contribution in [3.63, 3.8) is 0 Å². The highest BCUT2D eigenvalue weighted by atomic mass is 16.6. The summed E-state index contributed by atoms with van der Waals surface area (Å²) in [4.78, 5) is 25.5. The Morgan fingerprint density at radius 3 is 2.23 bits per heavy atom. The second kappa shape index (κ2) is 7.62. The molecule has 1 aromatic heterocycles. The van der Waals surface area contributed by atoms with E-state index in [2.05, 4.69) is 0 Å². The van der Waals surface area contributed by atoms with Crippen molar-refractivity contribution in [3.05, 3.63) is 57.9 Å². The number of hydrogen-bond donors (Lipinski definition) is 0. The van der Waals surface area contributed by atoms with Gasteiger partial charge in [0.2, 0.25) is 11.9 Å². The first-order valence-electron chi connectivity index (χ1n) is 9.14. The Morgan fingerprint density at radius 1 is 0.967 bits per heavy atom. The first-order chi connectivity index (χ1) is 14.5. The van der Waals surface area contributed by atoms with Crippen molar-refractivity contribution in [2.45, 2.75) is 12.0 Å². The maximum absolute atomic E-state index is 12.9.